The predicted octanol–water partition coefficient (Wildman–Crippen LogP) is 5.37. The molecular formula is C15H9BrClF3O4S. The Morgan fingerprint density at radius 2 is 1.96 bits per heavy atom. The SMILES string of the molecule is Cc1cc(S(=O)C(F)F)c(C(=O)O)c(Br)c1Oc1cc(F)cc(Cl)c1. The molecule has 0 aliphatic heterocycles. The van der Waals surface area contributed by atoms with Crippen molar-refractivity contribution in [2.45, 2.75) is 17.6 Å². The number of ether oxygens (including phenoxy) is 1. The second-order valence-electron chi connectivity index (χ2n) is 4.78. The molecule has 1 N–H and O–H groups in total. The molecule has 1 unspecified atom stereocenters. The van der Waals surface area contributed by atoms with E-state index >= 15 is 0 Å². The molecule has 0 heterocycles. The van der Waals surface area contributed by atoms with Gasteiger partial charge < -0.3 is 9.84 Å². The molecule has 0 spiro atoms. The van der Waals surface area contributed by atoms with E-state index in [0.29, 0.717) is 0 Å². The van der Waals surface area contributed by atoms with Gasteiger partial charge in [0.1, 0.15) is 28.1 Å². The van der Waals surface area contributed by atoms with Crippen molar-refractivity contribution in [2.75, 3.05) is 0 Å². The van der Waals surface area contributed by atoms with Crippen LogP contribution >= 0.6 is 27.5 Å². The highest BCUT2D eigenvalue weighted by Gasteiger charge is 2.28. The summed E-state index contributed by atoms with van der Waals surface area (Å²) in [5.74, 6) is -5.57. The van der Waals surface area contributed by atoms with Gasteiger partial charge in [-0.2, -0.15) is 8.78 Å². The van der Waals surface area contributed by atoms with E-state index in [1.807, 2.05) is 0 Å². The summed E-state index contributed by atoms with van der Waals surface area (Å²) in [6, 6.07) is 4.40. The predicted molar refractivity (Wildman–Crippen MR) is 89.7 cm³/mol. The fraction of sp³-hybridized carbons (Fsp3) is 0.133. The minimum atomic E-state index is -3.25. The Labute approximate surface area is 156 Å². The van der Waals surface area contributed by atoms with E-state index in [4.69, 9.17) is 16.3 Å². The molecule has 0 amide bonds. The van der Waals surface area contributed by atoms with Crippen molar-refractivity contribution in [1.29, 1.82) is 0 Å². The molecule has 2 aromatic rings. The van der Waals surface area contributed by atoms with E-state index < -0.39 is 38.8 Å². The maximum Gasteiger partial charge on any atom is 0.338 e. The molecule has 25 heavy (non-hydrogen) atoms. The monoisotopic (exact) mass is 456 g/mol. The highest BCUT2D eigenvalue weighted by molar-refractivity contribution is 9.10. The van der Waals surface area contributed by atoms with Crippen molar-refractivity contribution in [3.63, 3.8) is 0 Å². The lowest BCUT2D eigenvalue weighted by atomic mass is 10.1. The second-order valence-corrected chi connectivity index (χ2v) is 7.40. The molecule has 0 aromatic heterocycles. The zero-order valence-electron chi connectivity index (χ0n) is 12.4. The van der Waals surface area contributed by atoms with Crippen molar-refractivity contribution < 1.29 is 32.0 Å². The second kappa shape index (κ2) is 7.76. The number of hydrogen-bond donors (Lipinski definition) is 1. The first-order chi connectivity index (χ1) is 11.6. The van der Waals surface area contributed by atoms with Crippen molar-refractivity contribution in [3.05, 3.63) is 50.7 Å². The quantitative estimate of drug-likeness (QED) is 0.656. The third-order valence-electron chi connectivity index (χ3n) is 3.02. The highest BCUT2D eigenvalue weighted by Crippen LogP contribution is 2.40. The summed E-state index contributed by atoms with van der Waals surface area (Å²) in [5.41, 5.74) is -0.400. The average molecular weight is 458 g/mol. The maximum absolute atomic E-state index is 13.4. The lowest BCUT2D eigenvalue weighted by Gasteiger charge is -2.16. The van der Waals surface area contributed by atoms with Gasteiger partial charge in [-0.25, -0.2) is 13.4 Å². The molecule has 0 saturated carbocycles. The Bertz CT molecular complexity index is 856. The van der Waals surface area contributed by atoms with Crippen LogP contribution in [0.5, 0.6) is 11.5 Å². The van der Waals surface area contributed by atoms with Crippen LogP contribution in [0.1, 0.15) is 15.9 Å². The summed E-state index contributed by atoms with van der Waals surface area (Å²) in [6.07, 6.45) is 0. The Balaban J connectivity index is 2.62. The standard InChI is InChI=1S/C15H9BrClF3O4S/c1-6-2-10(25(23)15(19)20)11(14(21)22)12(16)13(6)24-9-4-7(17)3-8(18)5-9/h2-5,15H,1H3,(H,21,22). The van der Waals surface area contributed by atoms with Gasteiger partial charge in [0.25, 0.3) is 0 Å². The molecule has 4 nitrogen and oxygen atoms in total. The third kappa shape index (κ3) is 4.34. The first-order valence-corrected chi connectivity index (χ1v) is 8.89. The Hall–Kier alpha value is -1.58. The molecule has 2 aromatic carbocycles. The minimum Gasteiger partial charge on any atom is -0.478 e. The molecule has 2 rings (SSSR count). The lowest BCUT2D eigenvalue weighted by molar-refractivity contribution is 0.0691. The smallest absolute Gasteiger partial charge is 0.338 e. The molecule has 134 valence electrons. The van der Waals surface area contributed by atoms with Crippen LogP contribution < -0.4 is 4.74 Å². The van der Waals surface area contributed by atoms with Crippen LogP contribution in [-0.2, 0) is 10.8 Å². The maximum atomic E-state index is 13.4. The van der Waals surface area contributed by atoms with Crippen LogP contribution in [0.3, 0.4) is 0 Å². The number of rotatable bonds is 5. The van der Waals surface area contributed by atoms with Gasteiger partial charge in [-0.15, -0.1) is 0 Å². The highest BCUT2D eigenvalue weighted by atomic mass is 79.9. The molecule has 0 radical (unpaired) electrons. The van der Waals surface area contributed by atoms with Gasteiger partial charge in [0.2, 0.25) is 0 Å². The summed E-state index contributed by atoms with van der Waals surface area (Å²) in [6.45, 7) is 1.44. The fourth-order valence-corrected chi connectivity index (χ4v) is 4.01. The average Bonchev–Trinajstić information content (AvgIpc) is 2.48. The van der Waals surface area contributed by atoms with Crippen LogP contribution in [-0.4, -0.2) is 21.0 Å². The zero-order valence-corrected chi connectivity index (χ0v) is 15.5. The number of alkyl halides is 2. The Kier molecular flexibility index (Phi) is 6.12. The molecular weight excluding hydrogens is 449 g/mol. The molecule has 0 bridgehead atoms. The number of benzene rings is 2. The van der Waals surface area contributed by atoms with E-state index in [-0.39, 0.29) is 26.6 Å². The number of carbonyl (C=O) groups is 1. The van der Waals surface area contributed by atoms with Crippen LogP contribution in [0.15, 0.2) is 33.6 Å². The Morgan fingerprint density at radius 3 is 2.48 bits per heavy atom. The third-order valence-corrected chi connectivity index (χ3v) is 5.07. The van der Waals surface area contributed by atoms with E-state index in [1.54, 1.807) is 0 Å². The van der Waals surface area contributed by atoms with Gasteiger partial charge in [0, 0.05) is 11.1 Å². The Morgan fingerprint density at radius 1 is 1.32 bits per heavy atom. The van der Waals surface area contributed by atoms with Crippen molar-refractivity contribution in [3.8, 4) is 11.5 Å². The summed E-state index contributed by atoms with van der Waals surface area (Å²) in [7, 11) is -2.83. The van der Waals surface area contributed by atoms with E-state index in [1.165, 1.54) is 13.0 Å². The van der Waals surface area contributed by atoms with Crippen molar-refractivity contribution in [2.24, 2.45) is 0 Å². The van der Waals surface area contributed by atoms with Crippen molar-refractivity contribution >= 4 is 44.3 Å². The summed E-state index contributed by atoms with van der Waals surface area (Å²) < 4.78 is 55.9. The molecule has 0 aliphatic rings. The largest absolute Gasteiger partial charge is 0.478 e. The molecule has 1 atom stereocenters. The van der Waals surface area contributed by atoms with Crippen LogP contribution in [0, 0.1) is 12.7 Å². The van der Waals surface area contributed by atoms with Gasteiger partial charge >= 0.3 is 11.7 Å². The molecule has 0 aliphatic carbocycles. The topological polar surface area (TPSA) is 63.6 Å². The van der Waals surface area contributed by atoms with Gasteiger partial charge in [-0.05, 0) is 46.6 Å². The number of halogens is 5. The van der Waals surface area contributed by atoms with E-state index in [2.05, 4.69) is 15.9 Å². The molecule has 0 fully saturated rings. The van der Waals surface area contributed by atoms with Crippen LogP contribution in [0.2, 0.25) is 5.02 Å². The van der Waals surface area contributed by atoms with Crippen LogP contribution in [0.25, 0.3) is 0 Å². The summed E-state index contributed by atoms with van der Waals surface area (Å²) in [5, 5.41) is 9.35. The first kappa shape index (κ1) is 19.7. The number of carboxylic acids is 1. The van der Waals surface area contributed by atoms with E-state index in [0.717, 1.165) is 18.2 Å². The van der Waals surface area contributed by atoms with Crippen molar-refractivity contribution in [1.82, 2.24) is 0 Å². The van der Waals surface area contributed by atoms with E-state index in [9.17, 15) is 27.3 Å². The van der Waals surface area contributed by atoms with Crippen LogP contribution in [0.4, 0.5) is 13.2 Å². The minimum absolute atomic E-state index is 0.0205. The zero-order chi connectivity index (χ0) is 18.9. The first-order valence-electron chi connectivity index (χ1n) is 6.51. The van der Waals surface area contributed by atoms with Gasteiger partial charge in [-0.1, -0.05) is 11.6 Å². The van der Waals surface area contributed by atoms with Gasteiger partial charge in [-0.3, -0.25) is 0 Å². The van der Waals surface area contributed by atoms with Gasteiger partial charge in [0.15, 0.2) is 0 Å². The lowest BCUT2D eigenvalue weighted by Crippen LogP contribution is -2.12. The number of carboxylic acid groups (broad SMARTS) is 1. The number of aryl methyl sites for hydroxylation is 1. The summed E-state index contributed by atoms with van der Waals surface area (Å²) >= 11 is 8.71. The number of hydrogen-bond acceptors (Lipinski definition) is 3. The number of aromatic carboxylic acids is 1. The van der Waals surface area contributed by atoms with Gasteiger partial charge in [0.05, 0.1) is 14.9 Å². The normalized spacial score (nSPS) is 12.3. The molecule has 10 heteroatoms. The molecule has 0 saturated heterocycles. The fourth-order valence-electron chi connectivity index (χ4n) is 2.01. The summed E-state index contributed by atoms with van der Waals surface area (Å²) in [4.78, 5) is 10.9.